The van der Waals surface area contributed by atoms with E-state index in [9.17, 15) is 14.7 Å². The number of aliphatic carboxylic acids is 1. The molecule has 1 aliphatic carbocycles. The van der Waals surface area contributed by atoms with Gasteiger partial charge in [0, 0.05) is 19.6 Å². The molecule has 0 aromatic carbocycles. The molecule has 0 bridgehead atoms. The van der Waals surface area contributed by atoms with Crippen LogP contribution in [0.25, 0.3) is 0 Å². The molecule has 0 aromatic rings. The highest BCUT2D eigenvalue weighted by Gasteiger charge is 2.39. The molecular weight excluding hydrogens is 256 g/mol. The summed E-state index contributed by atoms with van der Waals surface area (Å²) in [5.74, 6) is -0.786. The summed E-state index contributed by atoms with van der Waals surface area (Å²) in [5, 5.41) is 12.3. The second-order valence-corrected chi connectivity index (χ2v) is 5.49. The molecular formula is C15H26N2O3. The molecule has 0 aromatic heterocycles. The van der Waals surface area contributed by atoms with E-state index in [2.05, 4.69) is 11.9 Å². The highest BCUT2D eigenvalue weighted by Crippen LogP contribution is 2.34. The lowest BCUT2D eigenvalue weighted by molar-refractivity contribution is -0.149. The Morgan fingerprint density at radius 3 is 2.35 bits per heavy atom. The van der Waals surface area contributed by atoms with Crippen molar-refractivity contribution >= 4 is 12.0 Å². The highest BCUT2D eigenvalue weighted by molar-refractivity contribution is 5.78. The fourth-order valence-corrected chi connectivity index (χ4v) is 2.74. The zero-order valence-corrected chi connectivity index (χ0v) is 12.4. The number of amides is 2. The average Bonchev–Trinajstić information content (AvgIpc) is 2.68. The first-order chi connectivity index (χ1) is 9.55. The summed E-state index contributed by atoms with van der Waals surface area (Å²) >= 11 is 0. The smallest absolute Gasteiger partial charge is 0.317 e. The van der Waals surface area contributed by atoms with Gasteiger partial charge in [0.2, 0.25) is 0 Å². The average molecular weight is 282 g/mol. The predicted octanol–water partition coefficient (Wildman–Crippen LogP) is 2.63. The van der Waals surface area contributed by atoms with Gasteiger partial charge in [-0.25, -0.2) is 4.79 Å². The van der Waals surface area contributed by atoms with E-state index in [0.29, 0.717) is 25.9 Å². The molecule has 5 heteroatoms. The number of hydrogen-bond acceptors (Lipinski definition) is 2. The Morgan fingerprint density at radius 2 is 1.90 bits per heavy atom. The van der Waals surface area contributed by atoms with Crippen LogP contribution in [0.5, 0.6) is 0 Å². The molecule has 114 valence electrons. The highest BCUT2D eigenvalue weighted by atomic mass is 16.4. The van der Waals surface area contributed by atoms with Crippen molar-refractivity contribution in [3.63, 3.8) is 0 Å². The minimum absolute atomic E-state index is 0.211. The third-order valence-electron chi connectivity index (χ3n) is 4.11. The Morgan fingerprint density at radius 1 is 1.30 bits per heavy atom. The number of carboxylic acid groups (broad SMARTS) is 1. The monoisotopic (exact) mass is 282 g/mol. The van der Waals surface area contributed by atoms with Gasteiger partial charge in [-0.3, -0.25) is 4.79 Å². The molecule has 0 aliphatic heterocycles. The van der Waals surface area contributed by atoms with Gasteiger partial charge < -0.3 is 15.3 Å². The number of carbonyl (C=O) groups is 2. The van der Waals surface area contributed by atoms with E-state index in [1.807, 2.05) is 6.92 Å². The number of urea groups is 1. The number of likely N-dealkylation sites (N-methyl/N-ethyl adjacent to an activating group) is 1. The molecule has 1 rings (SSSR count). The second-order valence-electron chi connectivity index (χ2n) is 5.49. The summed E-state index contributed by atoms with van der Waals surface area (Å²) in [5.41, 5.74) is -0.792. The normalized spacial score (nSPS) is 17.9. The van der Waals surface area contributed by atoms with Gasteiger partial charge in [-0.15, -0.1) is 6.58 Å². The van der Waals surface area contributed by atoms with Gasteiger partial charge in [0.05, 0.1) is 5.41 Å². The van der Waals surface area contributed by atoms with Gasteiger partial charge in [0.15, 0.2) is 0 Å². The van der Waals surface area contributed by atoms with E-state index in [1.54, 1.807) is 11.0 Å². The van der Waals surface area contributed by atoms with Crippen LogP contribution in [0.1, 0.15) is 45.4 Å². The van der Waals surface area contributed by atoms with E-state index in [0.717, 1.165) is 25.7 Å². The molecule has 0 unspecified atom stereocenters. The Kier molecular flexibility index (Phi) is 6.55. The lowest BCUT2D eigenvalue weighted by Crippen LogP contribution is -2.47. The summed E-state index contributed by atoms with van der Waals surface area (Å²) in [6.07, 6.45) is 6.98. The topological polar surface area (TPSA) is 69.6 Å². The summed E-state index contributed by atoms with van der Waals surface area (Å²) in [6, 6.07) is -0.211. The molecule has 0 saturated heterocycles. The minimum atomic E-state index is -0.792. The van der Waals surface area contributed by atoms with E-state index < -0.39 is 11.4 Å². The molecule has 0 atom stereocenters. The maximum Gasteiger partial charge on any atom is 0.317 e. The Hall–Kier alpha value is -1.52. The largest absolute Gasteiger partial charge is 0.481 e. The molecule has 20 heavy (non-hydrogen) atoms. The third kappa shape index (κ3) is 4.25. The Balaban J connectivity index is 2.64. The molecule has 0 radical (unpaired) electrons. The third-order valence-corrected chi connectivity index (χ3v) is 4.11. The van der Waals surface area contributed by atoms with Gasteiger partial charge in [-0.1, -0.05) is 31.8 Å². The van der Waals surface area contributed by atoms with Crippen molar-refractivity contribution in [2.45, 2.75) is 45.4 Å². The summed E-state index contributed by atoms with van der Waals surface area (Å²) < 4.78 is 0. The van der Waals surface area contributed by atoms with Gasteiger partial charge in [0.1, 0.15) is 0 Å². The lowest BCUT2D eigenvalue weighted by atomic mass is 9.80. The molecule has 0 spiro atoms. The zero-order chi connectivity index (χ0) is 15.0. The van der Waals surface area contributed by atoms with E-state index in [1.165, 1.54) is 0 Å². The fourth-order valence-electron chi connectivity index (χ4n) is 2.74. The number of nitrogens with zero attached hydrogens (tertiary/aromatic N) is 1. The van der Waals surface area contributed by atoms with E-state index in [4.69, 9.17) is 0 Å². The molecule has 0 heterocycles. The maximum absolute atomic E-state index is 12.0. The first kappa shape index (κ1) is 16.5. The SMILES string of the molecule is C=CCN(CC)C(=O)NCC1(C(=O)O)CCCCCC1. The van der Waals surface area contributed by atoms with Crippen LogP contribution in [-0.2, 0) is 4.79 Å². The predicted molar refractivity (Wildman–Crippen MR) is 78.6 cm³/mol. The van der Waals surface area contributed by atoms with Gasteiger partial charge in [-0.05, 0) is 19.8 Å². The molecule has 1 saturated carbocycles. The number of carbonyl (C=O) groups excluding carboxylic acids is 1. The van der Waals surface area contributed by atoms with Crippen LogP contribution in [0.3, 0.4) is 0 Å². The van der Waals surface area contributed by atoms with Crippen LogP contribution in [0.2, 0.25) is 0 Å². The van der Waals surface area contributed by atoms with E-state index in [-0.39, 0.29) is 12.6 Å². The molecule has 1 fully saturated rings. The van der Waals surface area contributed by atoms with Crippen molar-refractivity contribution in [1.82, 2.24) is 10.2 Å². The van der Waals surface area contributed by atoms with E-state index >= 15 is 0 Å². The minimum Gasteiger partial charge on any atom is -0.481 e. The zero-order valence-electron chi connectivity index (χ0n) is 12.4. The van der Waals surface area contributed by atoms with Crippen molar-refractivity contribution in [2.24, 2.45) is 5.41 Å². The van der Waals surface area contributed by atoms with Gasteiger partial charge in [-0.2, -0.15) is 0 Å². The van der Waals surface area contributed by atoms with Crippen LogP contribution in [0, 0.1) is 5.41 Å². The Bertz CT molecular complexity index is 347. The standard InChI is InChI=1S/C15H26N2O3/c1-3-11-17(4-2)14(20)16-12-15(13(18)19)9-7-5-6-8-10-15/h3H,1,4-12H2,2H3,(H,16,20)(H,18,19). The van der Waals surface area contributed by atoms with Crippen LogP contribution >= 0.6 is 0 Å². The first-order valence-corrected chi connectivity index (χ1v) is 7.43. The van der Waals surface area contributed by atoms with Crippen molar-refractivity contribution < 1.29 is 14.7 Å². The second kappa shape index (κ2) is 7.92. The first-order valence-electron chi connectivity index (χ1n) is 7.43. The number of nitrogens with one attached hydrogen (secondary N) is 1. The maximum atomic E-state index is 12.0. The number of carboxylic acids is 1. The summed E-state index contributed by atoms with van der Waals surface area (Å²) in [7, 11) is 0. The fraction of sp³-hybridized carbons (Fsp3) is 0.733. The van der Waals surface area contributed by atoms with Crippen LogP contribution in [0.15, 0.2) is 12.7 Å². The van der Waals surface area contributed by atoms with Crippen molar-refractivity contribution in [3.05, 3.63) is 12.7 Å². The molecule has 2 N–H and O–H groups in total. The van der Waals surface area contributed by atoms with Gasteiger partial charge in [0.25, 0.3) is 0 Å². The summed E-state index contributed by atoms with van der Waals surface area (Å²) in [6.45, 7) is 6.78. The summed E-state index contributed by atoms with van der Waals surface area (Å²) in [4.78, 5) is 25.3. The molecule has 5 nitrogen and oxygen atoms in total. The lowest BCUT2D eigenvalue weighted by Gasteiger charge is -2.29. The van der Waals surface area contributed by atoms with Crippen LogP contribution in [0.4, 0.5) is 4.79 Å². The molecule has 1 aliphatic rings. The molecule has 2 amide bonds. The number of hydrogen-bond donors (Lipinski definition) is 2. The Labute approximate surface area is 121 Å². The van der Waals surface area contributed by atoms with Gasteiger partial charge >= 0.3 is 12.0 Å². The van der Waals surface area contributed by atoms with Crippen LogP contribution in [-0.4, -0.2) is 41.6 Å². The van der Waals surface area contributed by atoms with Crippen molar-refractivity contribution in [3.8, 4) is 0 Å². The quantitative estimate of drug-likeness (QED) is 0.581. The number of rotatable bonds is 6. The van der Waals surface area contributed by atoms with Crippen molar-refractivity contribution in [1.29, 1.82) is 0 Å². The van der Waals surface area contributed by atoms with Crippen molar-refractivity contribution in [2.75, 3.05) is 19.6 Å². The van der Waals surface area contributed by atoms with Crippen LogP contribution < -0.4 is 5.32 Å².